The molecule has 0 saturated carbocycles. The second-order valence-corrected chi connectivity index (χ2v) is 11.1. The standard InChI is InChI=1S/C25H30F3N3O4S/c1-16(2)19-6-10-22(11-7-19)36(34,35)31-13-12-21(30-17(3)32)14-23(31)24(33)29-15-18-4-8-20(9-5-18)25(26,27)28/h4-11,16,21,23H,12-15H2,1-3H3,(H,29,33)(H,30,32)/t21-,23-/m1/s1. The first-order valence-corrected chi connectivity index (χ1v) is 13.1. The molecule has 1 heterocycles. The van der Waals surface area contributed by atoms with Gasteiger partial charge in [0.05, 0.1) is 10.5 Å². The second-order valence-electron chi connectivity index (χ2n) is 9.19. The minimum absolute atomic E-state index is 0.0254. The topological polar surface area (TPSA) is 95.6 Å². The van der Waals surface area contributed by atoms with Gasteiger partial charge >= 0.3 is 6.18 Å². The summed E-state index contributed by atoms with van der Waals surface area (Å²) >= 11 is 0. The van der Waals surface area contributed by atoms with Crippen molar-refractivity contribution in [3.05, 3.63) is 65.2 Å². The van der Waals surface area contributed by atoms with E-state index in [1.54, 1.807) is 12.1 Å². The van der Waals surface area contributed by atoms with Gasteiger partial charge in [0.2, 0.25) is 21.8 Å². The van der Waals surface area contributed by atoms with Crippen molar-refractivity contribution in [2.75, 3.05) is 6.54 Å². The normalized spacial score (nSPS) is 19.2. The molecule has 2 amide bonds. The molecule has 2 atom stereocenters. The van der Waals surface area contributed by atoms with Crippen LogP contribution in [0.4, 0.5) is 13.2 Å². The number of nitrogens with one attached hydrogen (secondary N) is 2. The zero-order valence-corrected chi connectivity index (χ0v) is 21.1. The largest absolute Gasteiger partial charge is 0.416 e. The first-order valence-electron chi connectivity index (χ1n) is 11.6. The Balaban J connectivity index is 1.80. The van der Waals surface area contributed by atoms with Gasteiger partial charge in [0, 0.05) is 26.1 Å². The molecule has 2 N–H and O–H groups in total. The quantitative estimate of drug-likeness (QED) is 0.575. The molecular formula is C25H30F3N3O4S. The summed E-state index contributed by atoms with van der Waals surface area (Å²) in [5.74, 6) is -0.657. The van der Waals surface area contributed by atoms with Crippen LogP contribution in [0.15, 0.2) is 53.4 Å². The first kappa shape index (κ1) is 27.7. The van der Waals surface area contributed by atoms with Crippen molar-refractivity contribution in [2.24, 2.45) is 0 Å². The van der Waals surface area contributed by atoms with E-state index in [9.17, 15) is 31.2 Å². The van der Waals surface area contributed by atoms with Crippen molar-refractivity contribution in [3.8, 4) is 0 Å². The molecule has 0 unspecified atom stereocenters. The van der Waals surface area contributed by atoms with Gasteiger partial charge in [-0.3, -0.25) is 9.59 Å². The number of sulfonamides is 1. The van der Waals surface area contributed by atoms with Crippen molar-refractivity contribution in [1.29, 1.82) is 0 Å². The van der Waals surface area contributed by atoms with E-state index in [0.717, 1.165) is 22.0 Å². The molecule has 11 heteroatoms. The van der Waals surface area contributed by atoms with Crippen LogP contribution in [0.2, 0.25) is 0 Å². The molecule has 0 spiro atoms. The van der Waals surface area contributed by atoms with E-state index in [0.29, 0.717) is 12.0 Å². The maximum absolute atomic E-state index is 13.5. The van der Waals surface area contributed by atoms with Crippen LogP contribution in [0.5, 0.6) is 0 Å². The van der Waals surface area contributed by atoms with Crippen molar-refractivity contribution in [1.82, 2.24) is 14.9 Å². The van der Waals surface area contributed by atoms with E-state index in [1.807, 2.05) is 13.8 Å². The lowest BCUT2D eigenvalue weighted by molar-refractivity contribution is -0.137. The summed E-state index contributed by atoms with van der Waals surface area (Å²) in [5.41, 5.74) is 0.608. The molecule has 0 radical (unpaired) electrons. The maximum Gasteiger partial charge on any atom is 0.416 e. The number of benzene rings is 2. The summed E-state index contributed by atoms with van der Waals surface area (Å²) in [4.78, 5) is 24.8. The molecule has 1 aliphatic heterocycles. The van der Waals surface area contributed by atoms with Gasteiger partial charge < -0.3 is 10.6 Å². The van der Waals surface area contributed by atoms with Gasteiger partial charge in [-0.1, -0.05) is 38.1 Å². The Kier molecular flexibility index (Phi) is 8.45. The van der Waals surface area contributed by atoms with Gasteiger partial charge in [-0.15, -0.1) is 0 Å². The Labute approximate surface area is 209 Å². The number of hydrogen-bond donors (Lipinski definition) is 2. The molecule has 7 nitrogen and oxygen atoms in total. The van der Waals surface area contributed by atoms with E-state index in [1.165, 1.54) is 31.2 Å². The third kappa shape index (κ3) is 6.64. The smallest absolute Gasteiger partial charge is 0.353 e. The number of carbonyl (C=O) groups excluding carboxylic acids is 2. The van der Waals surface area contributed by atoms with Crippen LogP contribution >= 0.6 is 0 Å². The molecule has 2 aromatic carbocycles. The number of alkyl halides is 3. The predicted molar refractivity (Wildman–Crippen MR) is 128 cm³/mol. The zero-order chi connectivity index (χ0) is 26.7. The SMILES string of the molecule is CC(=O)N[C@@H]1CCN(S(=O)(=O)c2ccc(C(C)C)cc2)[C@@H](C(=O)NCc2ccc(C(F)(F)F)cc2)C1. The molecule has 1 aliphatic rings. The van der Waals surface area contributed by atoms with E-state index < -0.39 is 33.7 Å². The van der Waals surface area contributed by atoms with Crippen LogP contribution in [0.3, 0.4) is 0 Å². The van der Waals surface area contributed by atoms with Gasteiger partial charge in [-0.05, 0) is 54.2 Å². The highest BCUT2D eigenvalue weighted by Crippen LogP contribution is 2.30. The Hall–Kier alpha value is -2.92. The number of amides is 2. The Morgan fingerprint density at radius 3 is 2.19 bits per heavy atom. The minimum Gasteiger partial charge on any atom is -0.353 e. The summed E-state index contributed by atoms with van der Waals surface area (Å²) in [6.07, 6.45) is -4.06. The highest BCUT2D eigenvalue weighted by molar-refractivity contribution is 7.89. The highest BCUT2D eigenvalue weighted by atomic mass is 32.2. The summed E-state index contributed by atoms with van der Waals surface area (Å²) in [7, 11) is -4.02. The first-order chi connectivity index (χ1) is 16.8. The van der Waals surface area contributed by atoms with Crippen molar-refractivity contribution < 1.29 is 31.2 Å². The molecule has 0 aromatic heterocycles. The van der Waals surface area contributed by atoms with Gasteiger partial charge in [-0.25, -0.2) is 8.42 Å². The molecule has 196 valence electrons. The second kappa shape index (κ2) is 11.0. The molecule has 1 saturated heterocycles. The fraction of sp³-hybridized carbons (Fsp3) is 0.440. The van der Waals surface area contributed by atoms with Gasteiger partial charge in [0.1, 0.15) is 6.04 Å². The molecular weight excluding hydrogens is 495 g/mol. The molecule has 0 bridgehead atoms. The molecule has 36 heavy (non-hydrogen) atoms. The van der Waals surface area contributed by atoms with E-state index in [4.69, 9.17) is 0 Å². The summed E-state index contributed by atoms with van der Waals surface area (Å²) in [6, 6.07) is 9.38. The van der Waals surface area contributed by atoms with Crippen LogP contribution < -0.4 is 10.6 Å². The molecule has 1 fully saturated rings. The molecule has 0 aliphatic carbocycles. The highest BCUT2D eigenvalue weighted by Gasteiger charge is 2.41. The van der Waals surface area contributed by atoms with Crippen molar-refractivity contribution in [3.63, 3.8) is 0 Å². The Morgan fingerprint density at radius 1 is 1.06 bits per heavy atom. The average Bonchev–Trinajstić information content (AvgIpc) is 2.81. The van der Waals surface area contributed by atoms with Crippen molar-refractivity contribution >= 4 is 21.8 Å². The Morgan fingerprint density at radius 2 is 1.67 bits per heavy atom. The Bertz CT molecular complexity index is 1180. The number of rotatable bonds is 7. The monoisotopic (exact) mass is 525 g/mol. The average molecular weight is 526 g/mol. The minimum atomic E-state index is -4.47. The lowest BCUT2D eigenvalue weighted by Crippen LogP contribution is -2.57. The fourth-order valence-electron chi connectivity index (χ4n) is 4.17. The van der Waals surface area contributed by atoms with Crippen molar-refractivity contribution in [2.45, 2.75) is 69.2 Å². The van der Waals surface area contributed by atoms with Crippen LogP contribution in [0.25, 0.3) is 0 Å². The summed E-state index contributed by atoms with van der Waals surface area (Å²) in [5, 5.41) is 5.38. The molecule has 2 aromatic rings. The van der Waals surface area contributed by atoms with Crippen LogP contribution in [-0.2, 0) is 32.3 Å². The van der Waals surface area contributed by atoms with Gasteiger partial charge in [0.25, 0.3) is 0 Å². The zero-order valence-electron chi connectivity index (χ0n) is 20.3. The predicted octanol–water partition coefficient (Wildman–Crippen LogP) is 3.80. The third-order valence-electron chi connectivity index (χ3n) is 6.16. The number of nitrogens with zero attached hydrogens (tertiary/aromatic N) is 1. The van der Waals surface area contributed by atoms with Gasteiger partial charge in [-0.2, -0.15) is 17.5 Å². The van der Waals surface area contributed by atoms with E-state index in [2.05, 4.69) is 10.6 Å². The lowest BCUT2D eigenvalue weighted by atomic mass is 9.98. The number of hydrogen-bond acceptors (Lipinski definition) is 4. The van der Waals surface area contributed by atoms with Gasteiger partial charge in [0.15, 0.2) is 0 Å². The maximum atomic E-state index is 13.5. The number of halogens is 3. The van der Waals surface area contributed by atoms with E-state index in [-0.39, 0.29) is 42.3 Å². The fourth-order valence-corrected chi connectivity index (χ4v) is 5.78. The van der Waals surface area contributed by atoms with E-state index >= 15 is 0 Å². The number of piperidine rings is 1. The molecule has 3 rings (SSSR count). The van der Waals surface area contributed by atoms with Crippen LogP contribution in [-0.4, -0.2) is 43.2 Å². The number of carbonyl (C=O) groups is 2. The third-order valence-corrected chi connectivity index (χ3v) is 8.09. The van der Waals surface area contributed by atoms with Crippen LogP contribution in [0.1, 0.15) is 56.2 Å². The summed E-state index contributed by atoms with van der Waals surface area (Å²) < 4.78 is 66.5. The van der Waals surface area contributed by atoms with Crippen LogP contribution in [0, 0.1) is 0 Å². The lowest BCUT2D eigenvalue weighted by Gasteiger charge is -2.37. The summed E-state index contributed by atoms with van der Waals surface area (Å²) in [6.45, 7) is 5.28.